The highest BCUT2D eigenvalue weighted by Crippen LogP contribution is 2.21. The average molecular weight is 416 g/mol. The Morgan fingerprint density at radius 2 is 1.90 bits per heavy atom. The van der Waals surface area contributed by atoms with Crippen molar-refractivity contribution in [1.29, 1.82) is 0 Å². The van der Waals surface area contributed by atoms with Crippen molar-refractivity contribution in [3.63, 3.8) is 0 Å². The van der Waals surface area contributed by atoms with Gasteiger partial charge in [0.1, 0.15) is 5.75 Å². The van der Waals surface area contributed by atoms with E-state index in [0.29, 0.717) is 28.2 Å². The Kier molecular flexibility index (Phi) is 6.46. The molecule has 0 aliphatic carbocycles. The number of ether oxygens (including phenoxy) is 2. The maximum absolute atomic E-state index is 12.3. The Labute approximate surface area is 171 Å². The average Bonchev–Trinajstić information content (AvgIpc) is 3.13. The van der Waals surface area contributed by atoms with E-state index in [1.165, 1.54) is 19.1 Å². The number of para-hydroxylation sites is 1. The molecule has 0 spiro atoms. The predicted octanol–water partition coefficient (Wildman–Crippen LogP) is 3.79. The predicted molar refractivity (Wildman–Crippen MR) is 105 cm³/mol. The third-order valence-corrected chi connectivity index (χ3v) is 4.14. The number of carbonyl (C=O) groups is 2. The van der Waals surface area contributed by atoms with Crippen LogP contribution in [-0.2, 0) is 16.1 Å². The molecule has 0 fully saturated rings. The highest BCUT2D eigenvalue weighted by Gasteiger charge is 2.19. The van der Waals surface area contributed by atoms with Crippen LogP contribution in [0.2, 0.25) is 5.02 Å². The number of benzene rings is 2. The summed E-state index contributed by atoms with van der Waals surface area (Å²) in [6, 6.07) is 13.1. The van der Waals surface area contributed by atoms with Gasteiger partial charge in [-0.25, -0.2) is 4.79 Å². The molecular weight excluding hydrogens is 398 g/mol. The van der Waals surface area contributed by atoms with Crippen LogP contribution in [-0.4, -0.2) is 28.1 Å². The first-order valence-electron chi connectivity index (χ1n) is 8.71. The first kappa shape index (κ1) is 20.3. The van der Waals surface area contributed by atoms with E-state index in [0.717, 1.165) is 0 Å². The summed E-state index contributed by atoms with van der Waals surface area (Å²) in [6.07, 6.45) is -1.00. The minimum Gasteiger partial charge on any atom is -0.485 e. The highest BCUT2D eigenvalue weighted by atomic mass is 35.5. The van der Waals surface area contributed by atoms with Crippen LogP contribution in [0.3, 0.4) is 0 Å². The summed E-state index contributed by atoms with van der Waals surface area (Å²) >= 11 is 6.01. The number of rotatable bonds is 7. The van der Waals surface area contributed by atoms with E-state index in [4.69, 9.17) is 25.6 Å². The molecule has 0 aliphatic rings. The zero-order valence-electron chi connectivity index (χ0n) is 15.7. The molecule has 3 aromatic rings. The maximum atomic E-state index is 12.3. The number of hydrogen-bond donors (Lipinski definition) is 1. The lowest BCUT2D eigenvalue weighted by Gasteiger charge is -2.14. The van der Waals surface area contributed by atoms with Gasteiger partial charge in [0, 0.05) is 6.92 Å². The minimum atomic E-state index is -1.00. The Bertz CT molecular complexity index is 1000. The van der Waals surface area contributed by atoms with Gasteiger partial charge < -0.3 is 19.3 Å². The van der Waals surface area contributed by atoms with Gasteiger partial charge in [0.25, 0.3) is 5.91 Å². The van der Waals surface area contributed by atoms with Crippen molar-refractivity contribution in [1.82, 2.24) is 10.1 Å². The molecule has 3 rings (SSSR count). The van der Waals surface area contributed by atoms with Gasteiger partial charge in [-0.3, -0.25) is 4.79 Å². The lowest BCUT2D eigenvalue weighted by Crippen LogP contribution is -2.30. The molecule has 0 aliphatic heterocycles. The Hall–Kier alpha value is -3.39. The normalized spacial score (nSPS) is 11.6. The van der Waals surface area contributed by atoms with E-state index in [1.54, 1.807) is 43.3 Å². The van der Waals surface area contributed by atoms with Crippen LogP contribution in [0.5, 0.6) is 5.75 Å². The van der Waals surface area contributed by atoms with Crippen molar-refractivity contribution in [2.45, 2.75) is 26.6 Å². The molecule has 8 nitrogen and oxygen atoms in total. The minimum absolute atomic E-state index is 0.139. The zero-order valence-corrected chi connectivity index (χ0v) is 16.5. The van der Waals surface area contributed by atoms with Crippen LogP contribution in [0.15, 0.2) is 53.1 Å². The molecule has 29 heavy (non-hydrogen) atoms. The van der Waals surface area contributed by atoms with Crippen molar-refractivity contribution >= 4 is 29.2 Å². The number of amides is 1. The van der Waals surface area contributed by atoms with Crippen molar-refractivity contribution in [2.75, 3.05) is 5.32 Å². The third kappa shape index (κ3) is 5.55. The fraction of sp³-hybridized carbons (Fsp3) is 0.200. The van der Waals surface area contributed by atoms with Gasteiger partial charge >= 0.3 is 5.97 Å². The first-order chi connectivity index (χ1) is 13.9. The molecule has 1 heterocycles. The Balaban J connectivity index is 1.53. The van der Waals surface area contributed by atoms with Gasteiger partial charge in [-0.15, -0.1) is 0 Å². The van der Waals surface area contributed by atoms with Gasteiger partial charge in [-0.2, -0.15) is 4.98 Å². The number of hydrogen-bond acceptors (Lipinski definition) is 7. The SMILES string of the molecule is Cc1nc(COc2ccc(C(=O)OC(C)C(=O)Nc3ccccc3Cl)cc2)no1. The summed E-state index contributed by atoms with van der Waals surface area (Å²) in [5, 5.41) is 6.75. The number of nitrogens with one attached hydrogen (secondary N) is 1. The Morgan fingerprint density at radius 3 is 2.55 bits per heavy atom. The molecule has 1 unspecified atom stereocenters. The molecular formula is C20H18ClN3O5. The number of esters is 1. The van der Waals surface area contributed by atoms with Crippen molar-refractivity contribution in [3.05, 3.63) is 70.8 Å². The standard InChI is InChI=1S/C20H18ClN3O5/c1-12(19(25)23-17-6-4-3-5-16(17)21)28-20(26)14-7-9-15(10-8-14)27-11-18-22-13(2)29-24-18/h3-10,12H,11H2,1-2H3,(H,23,25). The van der Waals surface area contributed by atoms with E-state index in [2.05, 4.69) is 15.5 Å². The van der Waals surface area contributed by atoms with Gasteiger partial charge in [-0.05, 0) is 43.3 Å². The fourth-order valence-corrected chi connectivity index (χ4v) is 2.50. The molecule has 1 aromatic heterocycles. The lowest BCUT2D eigenvalue weighted by molar-refractivity contribution is -0.123. The van der Waals surface area contributed by atoms with Crippen LogP contribution in [0, 0.1) is 6.92 Å². The number of carbonyl (C=O) groups excluding carboxylic acids is 2. The molecule has 1 N–H and O–H groups in total. The summed E-state index contributed by atoms with van der Waals surface area (Å²) in [4.78, 5) is 28.5. The zero-order chi connectivity index (χ0) is 20.8. The topological polar surface area (TPSA) is 104 Å². The molecule has 1 atom stereocenters. The van der Waals surface area contributed by atoms with Gasteiger partial charge in [-0.1, -0.05) is 28.9 Å². The van der Waals surface area contributed by atoms with Crippen LogP contribution in [0.25, 0.3) is 0 Å². The largest absolute Gasteiger partial charge is 0.485 e. The molecule has 9 heteroatoms. The maximum Gasteiger partial charge on any atom is 0.338 e. The summed E-state index contributed by atoms with van der Waals surface area (Å²) in [5.74, 6) is 0.279. The number of aromatic nitrogens is 2. The second kappa shape index (κ2) is 9.20. The summed E-state index contributed by atoms with van der Waals surface area (Å²) in [5.41, 5.74) is 0.727. The van der Waals surface area contributed by atoms with E-state index in [1.807, 2.05) is 0 Å². The molecule has 150 valence electrons. The molecule has 0 saturated carbocycles. The monoisotopic (exact) mass is 415 g/mol. The highest BCUT2D eigenvalue weighted by molar-refractivity contribution is 6.33. The lowest BCUT2D eigenvalue weighted by atomic mass is 10.2. The molecule has 1 amide bonds. The molecule has 2 aromatic carbocycles. The van der Waals surface area contributed by atoms with Crippen molar-refractivity contribution in [2.24, 2.45) is 0 Å². The smallest absolute Gasteiger partial charge is 0.338 e. The van der Waals surface area contributed by atoms with Gasteiger partial charge in [0.2, 0.25) is 11.7 Å². The van der Waals surface area contributed by atoms with Crippen LogP contribution in [0.4, 0.5) is 5.69 Å². The van der Waals surface area contributed by atoms with E-state index in [9.17, 15) is 9.59 Å². The summed E-state index contributed by atoms with van der Waals surface area (Å²) in [7, 11) is 0. The summed E-state index contributed by atoms with van der Waals surface area (Å²) < 4.78 is 15.6. The molecule has 0 saturated heterocycles. The van der Waals surface area contributed by atoms with Crippen LogP contribution >= 0.6 is 11.6 Å². The third-order valence-electron chi connectivity index (χ3n) is 3.81. The van der Waals surface area contributed by atoms with Gasteiger partial charge in [0.05, 0.1) is 16.3 Å². The number of nitrogens with zero attached hydrogens (tertiary/aromatic N) is 2. The summed E-state index contributed by atoms with van der Waals surface area (Å²) in [6.45, 7) is 3.31. The van der Waals surface area contributed by atoms with Crippen LogP contribution < -0.4 is 10.1 Å². The second-order valence-electron chi connectivity index (χ2n) is 6.06. The number of halogens is 1. The van der Waals surface area contributed by atoms with Gasteiger partial charge in [0.15, 0.2) is 12.7 Å². The Morgan fingerprint density at radius 1 is 1.17 bits per heavy atom. The number of anilines is 1. The quantitative estimate of drug-likeness (QED) is 0.585. The molecule has 0 radical (unpaired) electrons. The number of aryl methyl sites for hydroxylation is 1. The van der Waals surface area contributed by atoms with Crippen LogP contribution in [0.1, 0.15) is 29.0 Å². The second-order valence-corrected chi connectivity index (χ2v) is 6.47. The van der Waals surface area contributed by atoms with Crippen molar-refractivity contribution < 1.29 is 23.6 Å². The van der Waals surface area contributed by atoms with Crippen molar-refractivity contribution in [3.8, 4) is 5.75 Å². The molecule has 0 bridgehead atoms. The van der Waals surface area contributed by atoms with E-state index >= 15 is 0 Å². The first-order valence-corrected chi connectivity index (χ1v) is 9.08. The van der Waals surface area contributed by atoms with E-state index in [-0.39, 0.29) is 12.2 Å². The fourth-order valence-electron chi connectivity index (χ4n) is 2.31. The van der Waals surface area contributed by atoms with E-state index < -0.39 is 18.0 Å².